The van der Waals surface area contributed by atoms with Crippen molar-refractivity contribution < 1.29 is 13.6 Å². The Kier molecular flexibility index (Phi) is 5.05. The van der Waals surface area contributed by atoms with Crippen LogP contribution in [0.4, 0.5) is 8.78 Å². The van der Waals surface area contributed by atoms with E-state index in [0.717, 1.165) is 16.9 Å². The van der Waals surface area contributed by atoms with Gasteiger partial charge in [-0.05, 0) is 36.0 Å². The van der Waals surface area contributed by atoms with E-state index in [4.69, 9.17) is 0 Å². The minimum absolute atomic E-state index is 0.0220. The number of alkyl halides is 2. The standard InChI is InChI=1S/C16H14F2N4OS/c17-16(18)24-15-10(4-3-8-20-15)14(23)19-9-7-13-21-11-5-1-2-6-12(11)22-13/h1-6,8,16H,7,9H2,(H,19,23)(H,21,22). The van der Waals surface area contributed by atoms with Gasteiger partial charge in [-0.2, -0.15) is 8.78 Å². The number of hydrogen-bond donors (Lipinski definition) is 2. The zero-order valence-electron chi connectivity index (χ0n) is 12.5. The minimum Gasteiger partial charge on any atom is -0.352 e. The first kappa shape index (κ1) is 16.4. The smallest absolute Gasteiger partial charge is 0.290 e. The van der Waals surface area contributed by atoms with E-state index in [0.29, 0.717) is 13.0 Å². The molecule has 0 saturated carbocycles. The summed E-state index contributed by atoms with van der Waals surface area (Å²) in [5, 5.41) is 2.73. The largest absolute Gasteiger partial charge is 0.352 e. The zero-order chi connectivity index (χ0) is 16.9. The second-order valence-corrected chi connectivity index (χ2v) is 5.92. The van der Waals surface area contributed by atoms with Gasteiger partial charge in [-0.1, -0.05) is 12.1 Å². The van der Waals surface area contributed by atoms with Crippen LogP contribution in [0.2, 0.25) is 0 Å². The van der Waals surface area contributed by atoms with Crippen molar-refractivity contribution >= 4 is 28.7 Å². The van der Waals surface area contributed by atoms with Gasteiger partial charge in [0.2, 0.25) is 0 Å². The molecule has 5 nitrogen and oxygen atoms in total. The van der Waals surface area contributed by atoms with E-state index >= 15 is 0 Å². The van der Waals surface area contributed by atoms with E-state index in [1.165, 1.54) is 12.3 Å². The van der Waals surface area contributed by atoms with Crippen LogP contribution in [0.15, 0.2) is 47.6 Å². The Morgan fingerprint density at radius 1 is 1.25 bits per heavy atom. The predicted molar refractivity (Wildman–Crippen MR) is 88.2 cm³/mol. The number of benzene rings is 1. The van der Waals surface area contributed by atoms with Gasteiger partial charge in [0.1, 0.15) is 10.9 Å². The average molecular weight is 348 g/mol. The highest BCUT2D eigenvalue weighted by Crippen LogP contribution is 2.26. The van der Waals surface area contributed by atoms with Crippen LogP contribution in [0.5, 0.6) is 0 Å². The summed E-state index contributed by atoms with van der Waals surface area (Å²) < 4.78 is 25.0. The lowest BCUT2D eigenvalue weighted by atomic mass is 10.2. The number of carbonyl (C=O) groups excluding carboxylic acids is 1. The van der Waals surface area contributed by atoms with Crippen molar-refractivity contribution in [1.82, 2.24) is 20.3 Å². The molecule has 2 aromatic heterocycles. The molecule has 2 N–H and O–H groups in total. The molecule has 0 fully saturated rings. The Hall–Kier alpha value is -2.48. The van der Waals surface area contributed by atoms with Crippen LogP contribution in [-0.4, -0.2) is 33.2 Å². The lowest BCUT2D eigenvalue weighted by Crippen LogP contribution is -2.26. The number of aromatic amines is 1. The number of imidazole rings is 1. The first-order chi connectivity index (χ1) is 11.6. The summed E-state index contributed by atoms with van der Waals surface area (Å²) >= 11 is 0.262. The number of H-pyrrole nitrogens is 1. The molecule has 1 amide bonds. The van der Waals surface area contributed by atoms with Crippen LogP contribution in [0, 0.1) is 0 Å². The minimum atomic E-state index is -2.62. The number of hydrogen-bond acceptors (Lipinski definition) is 4. The van der Waals surface area contributed by atoms with Crippen LogP contribution in [0.3, 0.4) is 0 Å². The molecule has 1 aromatic carbocycles. The third-order valence-electron chi connectivity index (χ3n) is 3.30. The normalized spacial score (nSPS) is 11.1. The van der Waals surface area contributed by atoms with Crippen molar-refractivity contribution in [1.29, 1.82) is 0 Å². The van der Waals surface area contributed by atoms with E-state index < -0.39 is 11.7 Å². The molecular formula is C16H14F2N4OS. The van der Waals surface area contributed by atoms with Crippen molar-refractivity contribution in [3.63, 3.8) is 0 Å². The second kappa shape index (κ2) is 7.39. The molecule has 0 bridgehead atoms. The van der Waals surface area contributed by atoms with Gasteiger partial charge in [-0.3, -0.25) is 4.79 Å². The van der Waals surface area contributed by atoms with E-state index in [1.807, 2.05) is 24.3 Å². The molecule has 3 aromatic rings. The zero-order valence-corrected chi connectivity index (χ0v) is 13.3. The van der Waals surface area contributed by atoms with E-state index in [2.05, 4.69) is 20.3 Å². The summed E-state index contributed by atoms with van der Waals surface area (Å²) in [5.74, 6) is -2.30. The highest BCUT2D eigenvalue weighted by Gasteiger charge is 2.16. The maximum absolute atomic E-state index is 12.5. The molecule has 3 rings (SSSR count). The van der Waals surface area contributed by atoms with Gasteiger partial charge >= 0.3 is 0 Å². The number of nitrogens with zero attached hydrogens (tertiary/aromatic N) is 2. The topological polar surface area (TPSA) is 70.7 Å². The van der Waals surface area contributed by atoms with Crippen LogP contribution >= 0.6 is 11.8 Å². The fourth-order valence-corrected chi connectivity index (χ4v) is 2.83. The van der Waals surface area contributed by atoms with Crippen molar-refractivity contribution in [3.8, 4) is 0 Å². The number of amides is 1. The van der Waals surface area contributed by atoms with Gasteiger partial charge in [-0.25, -0.2) is 9.97 Å². The summed E-state index contributed by atoms with van der Waals surface area (Å²) in [7, 11) is 0. The quantitative estimate of drug-likeness (QED) is 0.671. The maximum atomic E-state index is 12.5. The van der Waals surface area contributed by atoms with Crippen molar-refractivity contribution in [2.75, 3.05) is 6.54 Å². The number of carbonyl (C=O) groups is 1. The predicted octanol–water partition coefficient (Wildman–Crippen LogP) is 3.25. The molecule has 0 atom stereocenters. The summed E-state index contributed by atoms with van der Waals surface area (Å²) in [6, 6.07) is 10.7. The molecule has 0 aliphatic rings. The Labute approximate surface area is 140 Å². The molecule has 124 valence electrons. The van der Waals surface area contributed by atoms with Crippen molar-refractivity contribution in [3.05, 3.63) is 54.0 Å². The van der Waals surface area contributed by atoms with Gasteiger partial charge in [0.05, 0.1) is 16.6 Å². The molecule has 0 radical (unpaired) electrons. The molecular weight excluding hydrogens is 334 g/mol. The van der Waals surface area contributed by atoms with Gasteiger partial charge in [0, 0.05) is 19.2 Å². The van der Waals surface area contributed by atoms with Gasteiger partial charge < -0.3 is 10.3 Å². The van der Waals surface area contributed by atoms with Crippen molar-refractivity contribution in [2.24, 2.45) is 0 Å². The molecule has 0 aliphatic heterocycles. The van der Waals surface area contributed by atoms with Crippen LogP contribution in [0.25, 0.3) is 11.0 Å². The lowest BCUT2D eigenvalue weighted by Gasteiger charge is -2.08. The number of thioether (sulfide) groups is 1. The third-order valence-corrected chi connectivity index (χ3v) is 4.03. The molecule has 8 heteroatoms. The van der Waals surface area contributed by atoms with Crippen LogP contribution in [0.1, 0.15) is 16.2 Å². The summed E-state index contributed by atoms with van der Waals surface area (Å²) in [4.78, 5) is 23.6. The second-order valence-electron chi connectivity index (χ2n) is 4.94. The van der Waals surface area contributed by atoms with Crippen LogP contribution in [-0.2, 0) is 6.42 Å². The summed E-state index contributed by atoms with van der Waals surface area (Å²) in [6.45, 7) is 0.340. The molecule has 24 heavy (non-hydrogen) atoms. The van der Waals surface area contributed by atoms with E-state index in [1.54, 1.807) is 6.07 Å². The molecule has 0 saturated heterocycles. The Balaban J connectivity index is 1.61. The molecule has 0 unspecified atom stereocenters. The SMILES string of the molecule is O=C(NCCc1nc2ccccc2[nH]1)c1cccnc1SC(F)F. The molecule has 0 aliphatic carbocycles. The maximum Gasteiger partial charge on any atom is 0.290 e. The van der Waals surface area contributed by atoms with Gasteiger partial charge in [-0.15, -0.1) is 0 Å². The highest BCUT2D eigenvalue weighted by atomic mass is 32.2. The number of halogens is 2. The number of para-hydroxylation sites is 2. The first-order valence-electron chi connectivity index (χ1n) is 7.25. The van der Waals surface area contributed by atoms with Crippen LogP contribution < -0.4 is 5.32 Å². The fraction of sp³-hybridized carbons (Fsp3) is 0.188. The number of fused-ring (bicyclic) bond motifs is 1. The molecule has 2 heterocycles. The van der Waals surface area contributed by atoms with E-state index in [-0.39, 0.29) is 22.4 Å². The third kappa shape index (κ3) is 3.88. The Morgan fingerprint density at radius 3 is 2.88 bits per heavy atom. The average Bonchev–Trinajstić information content (AvgIpc) is 2.97. The first-order valence-corrected chi connectivity index (χ1v) is 8.13. The summed E-state index contributed by atoms with van der Waals surface area (Å²) in [5.41, 5.74) is 1.94. The lowest BCUT2D eigenvalue weighted by molar-refractivity contribution is 0.0950. The number of aromatic nitrogens is 3. The highest BCUT2D eigenvalue weighted by molar-refractivity contribution is 7.99. The number of rotatable bonds is 6. The molecule has 0 spiro atoms. The summed E-state index contributed by atoms with van der Waals surface area (Å²) in [6.07, 6.45) is 1.90. The van der Waals surface area contributed by atoms with Gasteiger partial charge in [0.15, 0.2) is 0 Å². The van der Waals surface area contributed by atoms with E-state index in [9.17, 15) is 13.6 Å². The Morgan fingerprint density at radius 2 is 2.08 bits per heavy atom. The Bertz CT molecular complexity index is 820. The fourth-order valence-electron chi connectivity index (χ4n) is 2.26. The monoisotopic (exact) mass is 348 g/mol. The number of nitrogens with one attached hydrogen (secondary N) is 2. The van der Waals surface area contributed by atoms with Gasteiger partial charge in [0.25, 0.3) is 11.7 Å². The van der Waals surface area contributed by atoms with Crippen molar-refractivity contribution in [2.45, 2.75) is 17.2 Å². The number of pyridine rings is 1.